The van der Waals surface area contributed by atoms with E-state index < -0.39 is 33.2 Å². The molecule has 0 N–H and O–H groups in total. The van der Waals surface area contributed by atoms with Crippen LogP contribution in [-0.2, 0) is 9.53 Å². The number of carbonyl (C=O) groups is 1. The van der Waals surface area contributed by atoms with Crippen LogP contribution in [-0.4, -0.2) is 27.0 Å². The number of fused-ring (bicyclic) bond motifs is 1. The minimum absolute atomic E-state index is 0.152. The van der Waals surface area contributed by atoms with Crippen molar-refractivity contribution >= 4 is 34.8 Å². The molecule has 0 fully saturated rings. The number of nitrogens with zero attached hydrogens (tertiary/aromatic N) is 4. The van der Waals surface area contributed by atoms with Gasteiger partial charge in [0, 0.05) is 6.07 Å². The van der Waals surface area contributed by atoms with Crippen LogP contribution in [0.5, 0.6) is 11.5 Å². The van der Waals surface area contributed by atoms with E-state index in [0.717, 1.165) is 23.3 Å². The van der Waals surface area contributed by atoms with Crippen LogP contribution >= 0.6 is 11.3 Å². The molecule has 0 aliphatic carbocycles. The highest BCUT2D eigenvalue weighted by molar-refractivity contribution is 7.07. The van der Waals surface area contributed by atoms with Crippen LogP contribution in [0.25, 0.3) is 6.08 Å². The number of carbonyl (C=O) groups excluding carboxylic acids is 1. The van der Waals surface area contributed by atoms with Gasteiger partial charge in [-0.05, 0) is 56.2 Å². The lowest BCUT2D eigenvalue weighted by atomic mass is 9.95. The first kappa shape index (κ1) is 29.1. The molecule has 0 saturated carbocycles. The standard InChI is InChI=1S/C30H24N4O8S/c1-4-41-29(36)26-18(3)31-30-32(27(26)20-9-5-17(2)6-10-20)28(35)25(43-30)15-19-7-12-22(13-8-19)42-24-14-11-21(33(37)38)16-23(24)34(39)40/h5-16,27H,4H2,1-3H3/b25-15+/t27-/m0/s1. The van der Waals surface area contributed by atoms with E-state index in [-0.39, 0.29) is 23.7 Å². The molecule has 43 heavy (non-hydrogen) atoms. The van der Waals surface area contributed by atoms with Gasteiger partial charge in [-0.1, -0.05) is 53.3 Å². The van der Waals surface area contributed by atoms with Crippen LogP contribution in [0, 0.1) is 27.2 Å². The van der Waals surface area contributed by atoms with Crippen molar-refractivity contribution in [2.24, 2.45) is 4.99 Å². The lowest BCUT2D eigenvalue weighted by Gasteiger charge is -2.24. The van der Waals surface area contributed by atoms with Gasteiger partial charge in [-0.2, -0.15) is 0 Å². The average molecular weight is 601 g/mol. The van der Waals surface area contributed by atoms with E-state index in [1.54, 1.807) is 44.2 Å². The zero-order valence-electron chi connectivity index (χ0n) is 23.2. The van der Waals surface area contributed by atoms with Crippen molar-refractivity contribution in [3.8, 4) is 11.5 Å². The van der Waals surface area contributed by atoms with Crippen LogP contribution in [0.2, 0.25) is 0 Å². The summed E-state index contributed by atoms with van der Waals surface area (Å²) in [6.45, 7) is 5.57. The van der Waals surface area contributed by atoms with Gasteiger partial charge < -0.3 is 9.47 Å². The highest BCUT2D eigenvalue weighted by Crippen LogP contribution is 2.34. The number of rotatable bonds is 8. The maximum absolute atomic E-state index is 13.8. The van der Waals surface area contributed by atoms with Crippen molar-refractivity contribution in [2.45, 2.75) is 26.8 Å². The Balaban J connectivity index is 1.51. The Bertz CT molecular complexity index is 1980. The molecular formula is C30H24N4O8S. The molecule has 0 spiro atoms. The number of hydrogen-bond donors (Lipinski definition) is 0. The number of hydrogen-bond acceptors (Lipinski definition) is 10. The van der Waals surface area contributed by atoms with Gasteiger partial charge in [0.15, 0.2) is 4.80 Å². The molecule has 1 aliphatic heterocycles. The maximum atomic E-state index is 13.8. The molecule has 0 saturated heterocycles. The Hall–Kier alpha value is -5.43. The van der Waals surface area contributed by atoms with Gasteiger partial charge in [0.2, 0.25) is 5.75 Å². The Morgan fingerprint density at radius 3 is 2.35 bits per heavy atom. The predicted octanol–water partition coefficient (Wildman–Crippen LogP) is 4.72. The smallest absolute Gasteiger partial charge is 0.338 e. The van der Waals surface area contributed by atoms with Crippen LogP contribution in [0.1, 0.15) is 36.6 Å². The van der Waals surface area contributed by atoms with E-state index in [1.165, 1.54) is 22.0 Å². The van der Waals surface area contributed by atoms with Crippen LogP contribution in [0.3, 0.4) is 0 Å². The van der Waals surface area contributed by atoms with E-state index in [4.69, 9.17) is 9.47 Å². The van der Waals surface area contributed by atoms with Gasteiger partial charge in [-0.25, -0.2) is 9.79 Å². The summed E-state index contributed by atoms with van der Waals surface area (Å²) in [4.78, 5) is 52.7. The highest BCUT2D eigenvalue weighted by Gasteiger charge is 2.33. The largest absolute Gasteiger partial charge is 0.463 e. The molecule has 3 aromatic carbocycles. The molecule has 12 nitrogen and oxygen atoms in total. The topological polar surface area (TPSA) is 156 Å². The average Bonchev–Trinajstić information content (AvgIpc) is 3.27. The summed E-state index contributed by atoms with van der Waals surface area (Å²) in [6, 6.07) is 16.4. The van der Waals surface area contributed by atoms with Gasteiger partial charge in [0.25, 0.3) is 11.2 Å². The van der Waals surface area contributed by atoms with Crippen LogP contribution in [0.4, 0.5) is 11.4 Å². The first-order chi connectivity index (χ1) is 20.6. The highest BCUT2D eigenvalue weighted by atomic mass is 32.1. The maximum Gasteiger partial charge on any atom is 0.338 e. The number of nitro benzene ring substituents is 2. The van der Waals surface area contributed by atoms with E-state index in [9.17, 15) is 29.8 Å². The Morgan fingerprint density at radius 1 is 1.02 bits per heavy atom. The first-order valence-electron chi connectivity index (χ1n) is 13.0. The molecule has 1 aliphatic rings. The summed E-state index contributed by atoms with van der Waals surface area (Å²) in [7, 11) is 0. The minimum Gasteiger partial charge on any atom is -0.463 e. The summed E-state index contributed by atoms with van der Waals surface area (Å²) >= 11 is 1.19. The van der Waals surface area contributed by atoms with Gasteiger partial charge in [0.05, 0.1) is 44.4 Å². The fourth-order valence-electron chi connectivity index (χ4n) is 4.61. The minimum atomic E-state index is -0.755. The summed E-state index contributed by atoms with van der Waals surface area (Å²) in [6.07, 6.45) is 1.68. The number of thiazole rings is 1. The summed E-state index contributed by atoms with van der Waals surface area (Å²) in [5.74, 6) is -0.433. The normalized spacial score (nSPS) is 14.6. The summed E-state index contributed by atoms with van der Waals surface area (Å²) in [5.41, 5.74) is 1.90. The quantitative estimate of drug-likeness (QED) is 0.160. The van der Waals surface area contributed by atoms with E-state index in [2.05, 4.69) is 4.99 Å². The Labute approximate surface area is 247 Å². The zero-order valence-corrected chi connectivity index (χ0v) is 24.0. The number of nitro groups is 2. The van der Waals surface area contributed by atoms with Crippen LogP contribution < -0.4 is 19.6 Å². The number of aromatic nitrogens is 1. The predicted molar refractivity (Wildman–Crippen MR) is 158 cm³/mol. The van der Waals surface area contributed by atoms with E-state index in [1.807, 2.05) is 31.2 Å². The molecule has 0 radical (unpaired) electrons. The Kier molecular flexibility index (Phi) is 7.99. The van der Waals surface area contributed by atoms with Crippen molar-refractivity contribution < 1.29 is 24.1 Å². The number of esters is 1. The second-order valence-corrected chi connectivity index (χ2v) is 10.6. The van der Waals surface area contributed by atoms with Crippen molar-refractivity contribution in [2.75, 3.05) is 6.61 Å². The number of allylic oxidation sites excluding steroid dienone is 1. The molecular weight excluding hydrogens is 576 g/mol. The monoisotopic (exact) mass is 600 g/mol. The SMILES string of the molecule is CCOC(=O)C1=C(C)N=c2s/c(=C/c3ccc(Oc4ccc([N+](=O)[O-])cc4[N+](=O)[O-])cc3)c(=O)n2[C@H]1c1ccc(C)cc1. The van der Waals surface area contributed by atoms with Gasteiger partial charge >= 0.3 is 11.7 Å². The van der Waals surface area contributed by atoms with Crippen molar-refractivity contribution in [1.29, 1.82) is 0 Å². The lowest BCUT2D eigenvalue weighted by molar-refractivity contribution is -0.394. The second-order valence-electron chi connectivity index (χ2n) is 9.55. The van der Waals surface area contributed by atoms with Gasteiger partial charge in [-0.15, -0.1) is 0 Å². The molecule has 0 unspecified atom stereocenters. The van der Waals surface area contributed by atoms with E-state index in [0.29, 0.717) is 26.2 Å². The van der Waals surface area contributed by atoms with Gasteiger partial charge in [0.1, 0.15) is 5.75 Å². The van der Waals surface area contributed by atoms with Gasteiger partial charge in [-0.3, -0.25) is 29.6 Å². The molecule has 0 bridgehead atoms. The number of benzene rings is 3. The third-order valence-corrected chi connectivity index (χ3v) is 7.65. The zero-order chi connectivity index (χ0) is 30.8. The molecule has 2 heterocycles. The number of ether oxygens (including phenoxy) is 2. The molecule has 5 rings (SSSR count). The number of non-ortho nitro benzene ring substituents is 1. The molecule has 1 aromatic heterocycles. The second kappa shape index (κ2) is 11.8. The van der Waals surface area contributed by atoms with Crippen molar-refractivity contribution in [3.63, 3.8) is 0 Å². The molecule has 13 heteroatoms. The molecule has 1 atom stereocenters. The fraction of sp³-hybridized carbons (Fsp3) is 0.167. The van der Waals surface area contributed by atoms with E-state index >= 15 is 0 Å². The van der Waals surface area contributed by atoms with Crippen LogP contribution in [0.15, 0.2) is 87.8 Å². The summed E-state index contributed by atoms with van der Waals surface area (Å²) in [5, 5.41) is 22.4. The lowest BCUT2D eigenvalue weighted by Crippen LogP contribution is -2.39. The first-order valence-corrected chi connectivity index (χ1v) is 13.9. The molecule has 218 valence electrons. The van der Waals surface area contributed by atoms with Crippen molar-refractivity contribution in [1.82, 2.24) is 4.57 Å². The number of aryl methyl sites for hydroxylation is 1. The molecule has 4 aromatic rings. The Morgan fingerprint density at radius 2 is 1.72 bits per heavy atom. The third-order valence-electron chi connectivity index (χ3n) is 6.67. The molecule has 0 amide bonds. The summed E-state index contributed by atoms with van der Waals surface area (Å²) < 4.78 is 12.8. The fourth-order valence-corrected chi connectivity index (χ4v) is 5.66. The van der Waals surface area contributed by atoms with Crippen molar-refractivity contribution in [3.05, 3.63) is 135 Å². The third kappa shape index (κ3) is 5.83.